The van der Waals surface area contributed by atoms with Crippen molar-refractivity contribution in [2.75, 3.05) is 0 Å². The second-order valence-corrected chi connectivity index (χ2v) is 8.22. The minimum absolute atomic E-state index is 0.131. The van der Waals surface area contributed by atoms with Crippen LogP contribution in [0.25, 0.3) is 0 Å². The average Bonchev–Trinajstić information content (AvgIpc) is 3.29. The van der Waals surface area contributed by atoms with E-state index < -0.39 is 16.9 Å². The molecule has 0 unspecified atom stereocenters. The van der Waals surface area contributed by atoms with Gasteiger partial charge in [0.15, 0.2) is 6.10 Å². The number of hydrogen-bond donors (Lipinski definition) is 0. The van der Waals surface area contributed by atoms with Crippen LogP contribution in [0.2, 0.25) is 0 Å². The quantitative estimate of drug-likeness (QED) is 0.757. The maximum Gasteiger partial charge on any atom is 0.334 e. The van der Waals surface area contributed by atoms with E-state index in [0.29, 0.717) is 18.6 Å². The molecule has 1 aromatic rings. The second-order valence-electron chi connectivity index (χ2n) is 8.22. The number of allylic oxidation sites excluding steroid dienone is 1. The van der Waals surface area contributed by atoms with Crippen molar-refractivity contribution in [1.82, 2.24) is 0 Å². The predicted octanol–water partition coefficient (Wildman–Crippen LogP) is 3.08. The van der Waals surface area contributed by atoms with E-state index in [1.54, 1.807) is 12.3 Å². The van der Waals surface area contributed by atoms with Gasteiger partial charge in [-0.25, -0.2) is 4.79 Å². The molecule has 3 fully saturated rings. The molecule has 26 heavy (non-hydrogen) atoms. The van der Waals surface area contributed by atoms with Gasteiger partial charge in [-0.1, -0.05) is 6.08 Å². The fourth-order valence-corrected chi connectivity index (χ4v) is 5.20. The molecule has 0 bridgehead atoms. The van der Waals surface area contributed by atoms with E-state index in [1.165, 1.54) is 0 Å². The van der Waals surface area contributed by atoms with Crippen molar-refractivity contribution >= 4 is 11.9 Å². The van der Waals surface area contributed by atoms with Crippen LogP contribution in [0.3, 0.4) is 0 Å². The largest absolute Gasteiger partial charge is 0.465 e. The minimum Gasteiger partial charge on any atom is -0.465 e. The molecular formula is C20H22O6. The molecular weight excluding hydrogens is 336 g/mol. The van der Waals surface area contributed by atoms with E-state index in [-0.39, 0.29) is 30.3 Å². The summed E-state index contributed by atoms with van der Waals surface area (Å²) in [7, 11) is 0. The molecule has 1 aliphatic carbocycles. The van der Waals surface area contributed by atoms with E-state index in [0.717, 1.165) is 18.4 Å². The summed E-state index contributed by atoms with van der Waals surface area (Å²) in [4.78, 5) is 24.9. The Balaban J connectivity index is 1.45. The Labute approximate surface area is 151 Å². The van der Waals surface area contributed by atoms with E-state index in [4.69, 9.17) is 18.6 Å². The summed E-state index contributed by atoms with van der Waals surface area (Å²) in [5.74, 6) is -0.262. The van der Waals surface area contributed by atoms with Crippen LogP contribution in [0.15, 0.2) is 34.5 Å². The summed E-state index contributed by atoms with van der Waals surface area (Å²) >= 11 is 0. The lowest BCUT2D eigenvalue weighted by atomic mass is 9.63. The zero-order valence-corrected chi connectivity index (χ0v) is 14.9. The summed E-state index contributed by atoms with van der Waals surface area (Å²) in [5, 5.41) is 0. The summed E-state index contributed by atoms with van der Waals surface area (Å²) in [5.41, 5.74) is -0.402. The zero-order chi connectivity index (χ0) is 18.1. The van der Waals surface area contributed by atoms with E-state index >= 15 is 0 Å². The third-order valence-corrected chi connectivity index (χ3v) is 6.76. The lowest BCUT2D eigenvalue weighted by Crippen LogP contribution is -2.58. The first kappa shape index (κ1) is 16.1. The normalized spacial score (nSPS) is 44.3. The molecule has 6 nitrogen and oxygen atoms in total. The van der Waals surface area contributed by atoms with Gasteiger partial charge in [0.2, 0.25) is 0 Å². The molecule has 3 aliphatic heterocycles. The van der Waals surface area contributed by atoms with Crippen molar-refractivity contribution < 1.29 is 28.2 Å². The van der Waals surface area contributed by atoms with Gasteiger partial charge < -0.3 is 18.6 Å². The number of cyclic esters (lactones) is 1. The summed E-state index contributed by atoms with van der Waals surface area (Å²) < 4.78 is 23.2. The highest BCUT2D eigenvalue weighted by molar-refractivity contribution is 5.93. The number of ether oxygens (including phenoxy) is 3. The summed E-state index contributed by atoms with van der Waals surface area (Å²) in [6.07, 6.45) is 5.40. The highest BCUT2D eigenvalue weighted by Crippen LogP contribution is 2.57. The fourth-order valence-electron chi connectivity index (χ4n) is 5.20. The van der Waals surface area contributed by atoms with E-state index in [1.807, 2.05) is 19.1 Å². The smallest absolute Gasteiger partial charge is 0.334 e. The second kappa shape index (κ2) is 5.22. The molecule has 0 amide bonds. The van der Waals surface area contributed by atoms with E-state index in [2.05, 4.69) is 6.92 Å². The van der Waals surface area contributed by atoms with Crippen LogP contribution in [0.4, 0.5) is 0 Å². The van der Waals surface area contributed by atoms with Crippen LogP contribution < -0.4 is 0 Å². The lowest BCUT2D eigenvalue weighted by Gasteiger charge is -2.51. The first-order chi connectivity index (χ1) is 12.4. The number of furan rings is 1. The first-order valence-corrected chi connectivity index (χ1v) is 9.25. The monoisotopic (exact) mass is 358 g/mol. The molecule has 0 spiro atoms. The number of carbonyl (C=O) groups is 2. The van der Waals surface area contributed by atoms with Crippen LogP contribution >= 0.6 is 0 Å². The topological polar surface area (TPSA) is 75.0 Å². The average molecular weight is 358 g/mol. The van der Waals surface area contributed by atoms with Gasteiger partial charge in [-0.2, -0.15) is 0 Å². The number of carbonyl (C=O) groups excluding carboxylic acids is 2. The van der Waals surface area contributed by atoms with Gasteiger partial charge in [0.25, 0.3) is 0 Å². The first-order valence-electron chi connectivity index (χ1n) is 9.25. The van der Waals surface area contributed by atoms with Crippen molar-refractivity contribution in [3.63, 3.8) is 0 Å². The van der Waals surface area contributed by atoms with Crippen LogP contribution in [-0.4, -0.2) is 29.7 Å². The predicted molar refractivity (Wildman–Crippen MR) is 88.8 cm³/mol. The van der Waals surface area contributed by atoms with Gasteiger partial charge in [0.1, 0.15) is 11.9 Å². The van der Waals surface area contributed by atoms with Crippen LogP contribution in [0, 0.1) is 11.3 Å². The van der Waals surface area contributed by atoms with Gasteiger partial charge in [-0.15, -0.1) is 0 Å². The van der Waals surface area contributed by atoms with Gasteiger partial charge in [0.05, 0.1) is 29.3 Å². The molecule has 6 heteroatoms. The van der Waals surface area contributed by atoms with Gasteiger partial charge in [-0.05, 0) is 38.8 Å². The molecule has 4 aliphatic rings. The highest BCUT2D eigenvalue weighted by atomic mass is 16.6. The minimum atomic E-state index is -0.722. The van der Waals surface area contributed by atoms with Crippen LogP contribution in [-0.2, 0) is 23.8 Å². The number of esters is 2. The Morgan fingerprint density at radius 3 is 2.77 bits per heavy atom. The van der Waals surface area contributed by atoms with Gasteiger partial charge >= 0.3 is 11.9 Å². The molecule has 0 aromatic carbocycles. The van der Waals surface area contributed by atoms with Crippen molar-refractivity contribution in [2.45, 2.75) is 63.4 Å². The third-order valence-electron chi connectivity index (χ3n) is 6.76. The molecule has 6 atom stereocenters. The SMILES string of the molecule is C[C@@]12C3=CCC[C@@H]1O[C@](C)([C@H]1C[C@@H](c4ccco4)OC1=O)C[C@@H]2OC3=O. The molecule has 1 aromatic heterocycles. The highest BCUT2D eigenvalue weighted by Gasteiger charge is 2.64. The maximum absolute atomic E-state index is 12.6. The lowest BCUT2D eigenvalue weighted by molar-refractivity contribution is -0.221. The Bertz CT molecular complexity index is 795. The van der Waals surface area contributed by atoms with Crippen molar-refractivity contribution in [3.05, 3.63) is 35.8 Å². The maximum atomic E-state index is 12.6. The van der Waals surface area contributed by atoms with Crippen molar-refractivity contribution in [2.24, 2.45) is 11.3 Å². The van der Waals surface area contributed by atoms with E-state index in [9.17, 15) is 9.59 Å². The molecule has 0 N–H and O–H groups in total. The van der Waals surface area contributed by atoms with Gasteiger partial charge in [-0.3, -0.25) is 4.79 Å². The number of hydrogen-bond acceptors (Lipinski definition) is 6. The Morgan fingerprint density at radius 1 is 1.15 bits per heavy atom. The molecule has 4 heterocycles. The number of rotatable bonds is 2. The van der Waals surface area contributed by atoms with Crippen LogP contribution in [0.1, 0.15) is 51.4 Å². The standard InChI is InChI=1S/C20H22O6/c1-19(12-9-14(24-18(12)22)13-6-4-8-23-13)10-16-20(2)11(17(21)25-16)5-3-7-15(20)26-19/h4-6,8,12,14-16H,3,7,9-10H2,1-2H3/t12-,14-,15-,16-,19-,20+/m0/s1. The molecule has 0 saturated carbocycles. The summed E-state index contributed by atoms with van der Waals surface area (Å²) in [6.45, 7) is 4.00. The Kier molecular flexibility index (Phi) is 3.24. The Morgan fingerprint density at radius 2 is 2.00 bits per heavy atom. The third kappa shape index (κ3) is 2.02. The van der Waals surface area contributed by atoms with Crippen molar-refractivity contribution in [3.8, 4) is 0 Å². The van der Waals surface area contributed by atoms with Crippen molar-refractivity contribution in [1.29, 1.82) is 0 Å². The zero-order valence-electron chi connectivity index (χ0n) is 14.9. The Hall–Kier alpha value is -2.08. The molecule has 0 radical (unpaired) electrons. The fraction of sp³-hybridized carbons (Fsp3) is 0.600. The molecule has 138 valence electrons. The van der Waals surface area contributed by atoms with Gasteiger partial charge in [0, 0.05) is 18.4 Å². The summed E-state index contributed by atoms with van der Waals surface area (Å²) in [6, 6.07) is 3.60. The molecule has 3 saturated heterocycles. The van der Waals surface area contributed by atoms with Crippen LogP contribution in [0.5, 0.6) is 0 Å². The molecule has 5 rings (SSSR count).